The summed E-state index contributed by atoms with van der Waals surface area (Å²) in [5.74, 6) is -1.29. The maximum Gasteiger partial charge on any atom is 0.260 e. The molecule has 0 saturated heterocycles. The quantitative estimate of drug-likeness (QED) is 0.655. The molecule has 3 rings (SSSR count). The molecule has 0 unspecified atom stereocenters. The van der Waals surface area contributed by atoms with Crippen LogP contribution in [0.15, 0.2) is 66.7 Å². The lowest BCUT2D eigenvalue weighted by Gasteiger charge is -2.10. The second-order valence-electron chi connectivity index (χ2n) is 5.45. The van der Waals surface area contributed by atoms with Crippen molar-refractivity contribution < 1.29 is 9.18 Å². The van der Waals surface area contributed by atoms with Crippen LogP contribution < -0.4 is 10.6 Å². The number of nitriles is 1. The van der Waals surface area contributed by atoms with Gasteiger partial charge in [0.1, 0.15) is 5.82 Å². The van der Waals surface area contributed by atoms with Crippen molar-refractivity contribution in [2.24, 2.45) is 0 Å². The lowest BCUT2D eigenvalue weighted by atomic mass is 10.2. The van der Waals surface area contributed by atoms with Gasteiger partial charge in [0.2, 0.25) is 0 Å². The molecule has 0 saturated carbocycles. The zero-order chi connectivity index (χ0) is 18.5. The van der Waals surface area contributed by atoms with E-state index in [9.17, 15) is 9.18 Å². The van der Waals surface area contributed by atoms with E-state index in [1.165, 1.54) is 18.2 Å². The Hall–Kier alpha value is -3.36. The molecule has 6 heteroatoms. The second kappa shape index (κ2) is 7.68. The van der Waals surface area contributed by atoms with Crippen LogP contribution in [0.3, 0.4) is 0 Å². The number of hydrogen-bond donors (Lipinski definition) is 2. The fourth-order valence-corrected chi connectivity index (χ4v) is 2.63. The maximum absolute atomic E-state index is 13.8. The third kappa shape index (κ3) is 4.00. The number of carbonyl (C=O) groups excluding carboxylic acids is 1. The minimum atomic E-state index is -0.675. The molecule has 0 atom stereocenters. The smallest absolute Gasteiger partial charge is 0.260 e. The summed E-state index contributed by atoms with van der Waals surface area (Å²) in [6, 6.07) is 20.1. The molecule has 3 aromatic rings. The van der Waals surface area contributed by atoms with Crippen LogP contribution in [0.5, 0.6) is 0 Å². The second-order valence-corrected chi connectivity index (χ2v) is 5.85. The molecule has 4 nitrogen and oxygen atoms in total. The highest BCUT2D eigenvalue weighted by Crippen LogP contribution is 2.22. The zero-order valence-electron chi connectivity index (χ0n) is 13.5. The number of rotatable bonds is 4. The Kier molecular flexibility index (Phi) is 5.16. The van der Waals surface area contributed by atoms with Crippen molar-refractivity contribution in [1.29, 1.82) is 5.26 Å². The predicted molar refractivity (Wildman–Crippen MR) is 100 cm³/mol. The first kappa shape index (κ1) is 17.5. The maximum atomic E-state index is 13.8. The molecule has 2 N–H and O–H groups in total. The molecule has 0 fully saturated rings. The van der Waals surface area contributed by atoms with Gasteiger partial charge in [0.25, 0.3) is 5.91 Å². The lowest BCUT2D eigenvalue weighted by Crippen LogP contribution is -2.14. The van der Waals surface area contributed by atoms with Crippen LogP contribution >= 0.6 is 11.6 Å². The largest absolute Gasteiger partial charge is 0.355 e. The van der Waals surface area contributed by atoms with Gasteiger partial charge < -0.3 is 10.6 Å². The molecule has 0 aliphatic rings. The van der Waals surface area contributed by atoms with Crippen molar-refractivity contribution in [3.8, 4) is 6.07 Å². The molecule has 3 aromatic carbocycles. The van der Waals surface area contributed by atoms with Crippen LogP contribution in [0.25, 0.3) is 0 Å². The third-order valence-electron chi connectivity index (χ3n) is 3.61. The molecular formula is C20H13ClFN3O. The SMILES string of the molecule is N#Cc1cccc(Nc2ccc(NC(=O)c3c(F)cccc3Cl)cc2)c1. The monoisotopic (exact) mass is 365 g/mol. The number of halogens is 2. The van der Waals surface area contributed by atoms with E-state index in [0.29, 0.717) is 11.3 Å². The summed E-state index contributed by atoms with van der Waals surface area (Å²) in [5.41, 5.74) is 2.43. The summed E-state index contributed by atoms with van der Waals surface area (Å²) >= 11 is 5.90. The normalized spacial score (nSPS) is 10.0. The summed E-state index contributed by atoms with van der Waals surface area (Å²) in [6.45, 7) is 0. The predicted octanol–water partition coefficient (Wildman–Crippen LogP) is 5.35. The van der Waals surface area contributed by atoms with Crippen LogP contribution in [-0.4, -0.2) is 5.91 Å². The number of nitrogens with one attached hydrogen (secondary N) is 2. The Morgan fingerprint density at radius 2 is 1.65 bits per heavy atom. The molecule has 0 bridgehead atoms. The Balaban J connectivity index is 1.71. The first-order chi connectivity index (χ1) is 12.6. The fourth-order valence-electron chi connectivity index (χ4n) is 2.38. The first-order valence-corrected chi connectivity index (χ1v) is 8.07. The van der Waals surface area contributed by atoms with Crippen molar-refractivity contribution in [3.05, 3.63) is 88.7 Å². The van der Waals surface area contributed by atoms with Gasteiger partial charge in [-0.2, -0.15) is 5.26 Å². The van der Waals surface area contributed by atoms with Gasteiger partial charge in [-0.25, -0.2) is 4.39 Å². The Bertz CT molecular complexity index is 976. The molecule has 0 radical (unpaired) electrons. The third-order valence-corrected chi connectivity index (χ3v) is 3.93. The summed E-state index contributed by atoms with van der Waals surface area (Å²) in [7, 11) is 0. The van der Waals surface area contributed by atoms with Gasteiger partial charge in [0, 0.05) is 17.1 Å². The van der Waals surface area contributed by atoms with Gasteiger partial charge in [-0.1, -0.05) is 23.7 Å². The van der Waals surface area contributed by atoms with E-state index in [2.05, 4.69) is 16.7 Å². The molecule has 0 aliphatic heterocycles. The average Bonchev–Trinajstić information content (AvgIpc) is 2.63. The van der Waals surface area contributed by atoms with Gasteiger partial charge >= 0.3 is 0 Å². The number of hydrogen-bond acceptors (Lipinski definition) is 3. The molecule has 128 valence electrons. The Labute approximate surface area is 154 Å². The summed E-state index contributed by atoms with van der Waals surface area (Å²) in [5, 5.41) is 14.8. The van der Waals surface area contributed by atoms with E-state index in [1.54, 1.807) is 42.5 Å². The number of anilines is 3. The van der Waals surface area contributed by atoms with Crippen LogP contribution in [0.4, 0.5) is 21.5 Å². The van der Waals surface area contributed by atoms with Gasteiger partial charge in [0.15, 0.2) is 0 Å². The van der Waals surface area contributed by atoms with Crippen molar-refractivity contribution in [3.63, 3.8) is 0 Å². The minimum Gasteiger partial charge on any atom is -0.355 e. The van der Waals surface area contributed by atoms with Crippen molar-refractivity contribution in [2.45, 2.75) is 0 Å². The molecule has 1 amide bonds. The molecule has 0 aromatic heterocycles. The van der Waals surface area contributed by atoms with E-state index in [-0.39, 0.29) is 10.6 Å². The molecule has 0 aliphatic carbocycles. The van der Waals surface area contributed by atoms with E-state index in [0.717, 1.165) is 11.4 Å². The van der Waals surface area contributed by atoms with Crippen molar-refractivity contribution in [2.75, 3.05) is 10.6 Å². The lowest BCUT2D eigenvalue weighted by molar-refractivity contribution is 0.102. The number of benzene rings is 3. The number of amides is 1. The standard InChI is InChI=1S/C20H13ClFN3O/c21-17-5-2-6-18(22)19(17)20(26)25-15-9-7-14(8-10-15)24-16-4-1-3-13(11-16)12-23/h1-11,24H,(H,25,26). The van der Waals surface area contributed by atoms with E-state index < -0.39 is 11.7 Å². The van der Waals surface area contributed by atoms with Crippen LogP contribution in [-0.2, 0) is 0 Å². The summed E-state index contributed by atoms with van der Waals surface area (Å²) in [6.07, 6.45) is 0. The van der Waals surface area contributed by atoms with Gasteiger partial charge in [-0.05, 0) is 54.6 Å². The Morgan fingerprint density at radius 3 is 2.35 bits per heavy atom. The highest BCUT2D eigenvalue weighted by Gasteiger charge is 2.15. The number of nitrogens with zero attached hydrogens (tertiary/aromatic N) is 1. The molecule has 0 spiro atoms. The summed E-state index contributed by atoms with van der Waals surface area (Å²) in [4.78, 5) is 12.2. The summed E-state index contributed by atoms with van der Waals surface area (Å²) < 4.78 is 13.8. The van der Waals surface area contributed by atoms with Gasteiger partial charge in [-0.15, -0.1) is 0 Å². The van der Waals surface area contributed by atoms with Gasteiger partial charge in [0.05, 0.1) is 22.2 Å². The van der Waals surface area contributed by atoms with E-state index in [1.807, 2.05) is 6.07 Å². The highest BCUT2D eigenvalue weighted by molar-refractivity contribution is 6.34. The topological polar surface area (TPSA) is 64.9 Å². The molecule has 26 heavy (non-hydrogen) atoms. The fraction of sp³-hybridized carbons (Fsp3) is 0. The molecular weight excluding hydrogens is 353 g/mol. The molecule has 0 heterocycles. The first-order valence-electron chi connectivity index (χ1n) is 7.69. The highest BCUT2D eigenvalue weighted by atomic mass is 35.5. The van der Waals surface area contributed by atoms with E-state index in [4.69, 9.17) is 16.9 Å². The van der Waals surface area contributed by atoms with Gasteiger partial charge in [-0.3, -0.25) is 4.79 Å². The average molecular weight is 366 g/mol. The van der Waals surface area contributed by atoms with Crippen LogP contribution in [0.1, 0.15) is 15.9 Å². The zero-order valence-corrected chi connectivity index (χ0v) is 14.2. The van der Waals surface area contributed by atoms with Crippen LogP contribution in [0, 0.1) is 17.1 Å². The van der Waals surface area contributed by atoms with Crippen LogP contribution in [0.2, 0.25) is 5.02 Å². The minimum absolute atomic E-state index is 0.0539. The van der Waals surface area contributed by atoms with Crippen molar-refractivity contribution >= 4 is 34.6 Å². The van der Waals surface area contributed by atoms with E-state index >= 15 is 0 Å². The Morgan fingerprint density at radius 1 is 0.962 bits per heavy atom. The van der Waals surface area contributed by atoms with Crippen molar-refractivity contribution in [1.82, 2.24) is 0 Å². The number of carbonyl (C=O) groups is 1.